The zero-order valence-corrected chi connectivity index (χ0v) is 22.3. The number of amidine groups is 1. The number of aliphatic imine (C=N–C) groups is 1. The Labute approximate surface area is 208 Å². The number of benzene rings is 1. The maximum atomic E-state index is 12.8. The van der Waals surface area contributed by atoms with Crippen molar-refractivity contribution in [3.05, 3.63) is 16.6 Å². The topological polar surface area (TPSA) is 85.3 Å². The number of thioether (sulfide) groups is 1. The Balaban J connectivity index is 1.65. The Bertz CT molecular complexity index is 1020. The lowest BCUT2D eigenvalue weighted by molar-refractivity contribution is -0.118. The molecule has 0 unspecified atom stereocenters. The van der Waals surface area contributed by atoms with E-state index in [0.29, 0.717) is 42.2 Å². The summed E-state index contributed by atoms with van der Waals surface area (Å²) in [4.78, 5) is 19.2. The summed E-state index contributed by atoms with van der Waals surface area (Å²) >= 11 is 5.03. The predicted octanol–water partition coefficient (Wildman–Crippen LogP) is 4.82. The summed E-state index contributed by atoms with van der Waals surface area (Å²) in [6.07, 6.45) is 6.22. The summed E-state index contributed by atoms with van der Waals surface area (Å²) in [6, 6.07) is 3.42. The Morgan fingerprint density at radius 2 is 1.82 bits per heavy atom. The molecule has 2 saturated heterocycles. The minimum Gasteiger partial charge on any atom is -0.490 e. The number of carbonyl (C=O) groups is 1. The van der Waals surface area contributed by atoms with Crippen LogP contribution in [0.4, 0.5) is 5.69 Å². The molecule has 10 heteroatoms. The van der Waals surface area contributed by atoms with Crippen molar-refractivity contribution in [2.45, 2.75) is 63.7 Å². The number of halogens is 1. The molecule has 1 aliphatic carbocycles. The van der Waals surface area contributed by atoms with Crippen molar-refractivity contribution in [1.29, 1.82) is 0 Å². The summed E-state index contributed by atoms with van der Waals surface area (Å²) in [7, 11) is -3.14. The van der Waals surface area contributed by atoms with Gasteiger partial charge in [-0.05, 0) is 42.1 Å². The monoisotopic (exact) mass is 558 g/mol. The van der Waals surface area contributed by atoms with Crippen LogP contribution in [-0.4, -0.2) is 55.5 Å². The normalized spacial score (nSPS) is 25.5. The smallest absolute Gasteiger partial charge is 0.248 e. The fourth-order valence-electron chi connectivity index (χ4n) is 4.88. The Morgan fingerprint density at radius 1 is 1.15 bits per heavy atom. The molecule has 2 atom stereocenters. The third kappa shape index (κ3) is 5.70. The van der Waals surface area contributed by atoms with Crippen LogP contribution in [0.1, 0.15) is 52.4 Å². The van der Waals surface area contributed by atoms with E-state index in [-0.39, 0.29) is 28.7 Å². The average molecular weight is 560 g/mol. The molecule has 7 nitrogen and oxygen atoms in total. The zero-order valence-electron chi connectivity index (χ0n) is 19.1. The summed E-state index contributed by atoms with van der Waals surface area (Å²) in [5, 5.41) is 0.425. The van der Waals surface area contributed by atoms with Gasteiger partial charge in [0, 0.05) is 28.3 Å². The first kappa shape index (κ1) is 24.9. The molecule has 1 aromatic carbocycles. The minimum absolute atomic E-state index is 0.0452. The predicted molar refractivity (Wildman–Crippen MR) is 136 cm³/mol. The van der Waals surface area contributed by atoms with E-state index in [0.717, 1.165) is 16.6 Å². The van der Waals surface area contributed by atoms with Gasteiger partial charge in [-0.15, -0.1) is 0 Å². The number of nitrogens with zero attached hydrogens (tertiary/aromatic N) is 2. The Morgan fingerprint density at radius 3 is 2.48 bits per heavy atom. The molecule has 0 bridgehead atoms. The van der Waals surface area contributed by atoms with Gasteiger partial charge >= 0.3 is 0 Å². The maximum Gasteiger partial charge on any atom is 0.248 e. The molecule has 1 saturated carbocycles. The highest BCUT2D eigenvalue weighted by molar-refractivity contribution is 9.10. The number of hydrogen-bond acceptors (Lipinski definition) is 6. The molecule has 2 aliphatic heterocycles. The summed E-state index contributed by atoms with van der Waals surface area (Å²) in [6.45, 7) is 4.77. The fourth-order valence-corrected chi connectivity index (χ4v) is 9.32. The van der Waals surface area contributed by atoms with Crippen LogP contribution in [-0.2, 0) is 14.6 Å². The highest BCUT2D eigenvalue weighted by atomic mass is 79.9. The second kappa shape index (κ2) is 10.6. The number of fused-ring (bicyclic) bond motifs is 1. The van der Waals surface area contributed by atoms with E-state index in [4.69, 9.17) is 9.47 Å². The molecule has 3 fully saturated rings. The molecule has 0 aromatic heterocycles. The fraction of sp³-hybridized carbons (Fsp3) is 0.652. The second-order valence-corrected chi connectivity index (χ2v) is 13.0. The van der Waals surface area contributed by atoms with E-state index >= 15 is 0 Å². The van der Waals surface area contributed by atoms with Crippen LogP contribution in [0, 0.1) is 5.92 Å². The molecule has 0 spiro atoms. The van der Waals surface area contributed by atoms with Gasteiger partial charge in [-0.25, -0.2) is 8.42 Å². The number of carbonyl (C=O) groups excluding carboxylic acids is 1. The molecule has 0 radical (unpaired) electrons. The van der Waals surface area contributed by atoms with E-state index in [1.54, 1.807) is 0 Å². The first-order chi connectivity index (χ1) is 15.8. The van der Waals surface area contributed by atoms with Crippen LogP contribution in [0.15, 0.2) is 21.6 Å². The van der Waals surface area contributed by atoms with Gasteiger partial charge in [-0.2, -0.15) is 4.99 Å². The molecule has 0 N–H and O–H groups in total. The van der Waals surface area contributed by atoms with Gasteiger partial charge in [0.15, 0.2) is 26.5 Å². The van der Waals surface area contributed by atoms with Crippen molar-refractivity contribution in [2.24, 2.45) is 10.9 Å². The van der Waals surface area contributed by atoms with Gasteiger partial charge in [0.05, 0.1) is 36.4 Å². The third-order valence-electron chi connectivity index (χ3n) is 6.40. The van der Waals surface area contributed by atoms with Gasteiger partial charge in [-0.3, -0.25) is 4.79 Å². The highest BCUT2D eigenvalue weighted by Crippen LogP contribution is 2.46. The summed E-state index contributed by atoms with van der Waals surface area (Å²) < 4.78 is 37.0. The van der Waals surface area contributed by atoms with Crippen molar-refractivity contribution >= 4 is 54.3 Å². The van der Waals surface area contributed by atoms with Gasteiger partial charge in [0.1, 0.15) is 0 Å². The highest BCUT2D eigenvalue weighted by Gasteiger charge is 2.50. The van der Waals surface area contributed by atoms with Gasteiger partial charge in [-0.1, -0.05) is 37.4 Å². The van der Waals surface area contributed by atoms with E-state index in [1.807, 2.05) is 30.9 Å². The number of sulfone groups is 1. The first-order valence-electron chi connectivity index (χ1n) is 11.7. The number of ether oxygens (including phenoxy) is 2. The lowest BCUT2D eigenvalue weighted by Gasteiger charge is -2.27. The maximum absolute atomic E-state index is 12.8. The lowest BCUT2D eigenvalue weighted by atomic mass is 10.0. The van der Waals surface area contributed by atoms with E-state index in [2.05, 4.69) is 20.9 Å². The van der Waals surface area contributed by atoms with Crippen LogP contribution >= 0.6 is 27.7 Å². The van der Waals surface area contributed by atoms with E-state index in [1.165, 1.54) is 37.4 Å². The Kier molecular flexibility index (Phi) is 7.95. The molecule has 2 heterocycles. The van der Waals surface area contributed by atoms with Crippen molar-refractivity contribution in [3.63, 3.8) is 0 Å². The van der Waals surface area contributed by atoms with Gasteiger partial charge in [0.25, 0.3) is 0 Å². The quantitative estimate of drug-likeness (QED) is 0.452. The minimum atomic E-state index is -3.14. The summed E-state index contributed by atoms with van der Waals surface area (Å²) in [5.41, 5.74) is 0.737. The van der Waals surface area contributed by atoms with Gasteiger partial charge in [0.2, 0.25) is 5.91 Å². The Hall–Kier alpha value is -1.26. The van der Waals surface area contributed by atoms with Crippen molar-refractivity contribution in [3.8, 4) is 11.5 Å². The molecule has 1 amide bonds. The van der Waals surface area contributed by atoms with Crippen molar-refractivity contribution in [1.82, 2.24) is 0 Å². The summed E-state index contributed by atoms with van der Waals surface area (Å²) in [5.74, 6) is 1.83. The average Bonchev–Trinajstić information content (AvgIpc) is 3.44. The van der Waals surface area contributed by atoms with Crippen LogP contribution in [0.3, 0.4) is 0 Å². The molecular weight excluding hydrogens is 528 g/mol. The van der Waals surface area contributed by atoms with Gasteiger partial charge < -0.3 is 14.4 Å². The number of anilines is 1. The second-order valence-electron chi connectivity index (χ2n) is 8.76. The molecule has 1 aromatic rings. The molecule has 182 valence electrons. The first-order valence-corrected chi connectivity index (χ1v) is 15.2. The molecule has 33 heavy (non-hydrogen) atoms. The molecular formula is C23H31BrN2O5S2. The zero-order chi connectivity index (χ0) is 23.6. The van der Waals surface area contributed by atoms with Crippen molar-refractivity contribution in [2.75, 3.05) is 29.6 Å². The van der Waals surface area contributed by atoms with E-state index in [9.17, 15) is 13.2 Å². The van der Waals surface area contributed by atoms with Crippen LogP contribution in [0.5, 0.6) is 11.5 Å². The molecule has 3 aliphatic rings. The molecule has 4 rings (SSSR count). The van der Waals surface area contributed by atoms with E-state index < -0.39 is 9.84 Å². The SMILES string of the molecule is CCOc1cc(Br)c(N2C(=NC(=O)CCC3CCCC3)S[C@@H]3CS(=O)(=O)C[C@H]32)cc1OCC. The number of hydrogen-bond donors (Lipinski definition) is 0. The van der Waals surface area contributed by atoms with Crippen LogP contribution < -0.4 is 14.4 Å². The number of amides is 1. The van der Waals surface area contributed by atoms with Crippen molar-refractivity contribution < 1.29 is 22.7 Å². The van der Waals surface area contributed by atoms with Crippen LogP contribution in [0.2, 0.25) is 0 Å². The standard InChI is InChI=1S/C23H31BrN2O5S2/c1-3-30-19-11-16(24)17(12-20(19)31-4-2)26-18-13-33(28,29)14-21(18)32-23(26)25-22(27)10-9-15-7-5-6-8-15/h11-12,15,18,21H,3-10,13-14H2,1-2H3/t18-,21-/m1/s1. The van der Waals surface area contributed by atoms with Crippen LogP contribution in [0.25, 0.3) is 0 Å². The number of rotatable bonds is 8. The lowest BCUT2D eigenvalue weighted by Crippen LogP contribution is -2.38. The largest absolute Gasteiger partial charge is 0.490 e. The third-order valence-corrected chi connectivity index (χ3v) is 10.2.